The van der Waals surface area contributed by atoms with Crippen LogP contribution in [0.1, 0.15) is 60.8 Å². The summed E-state index contributed by atoms with van der Waals surface area (Å²) in [6.45, 7) is 2.27. The molecule has 1 heterocycles. The number of ether oxygens (including phenoxy) is 1. The molecule has 0 amide bonds. The number of carbonyl (C=O) groups is 1. The highest BCUT2D eigenvalue weighted by Gasteiger charge is 2.15. The van der Waals surface area contributed by atoms with Crippen LogP contribution < -0.4 is 0 Å². The van der Waals surface area contributed by atoms with Crippen LogP contribution in [0, 0.1) is 0 Å². The molecule has 0 bridgehead atoms. The van der Waals surface area contributed by atoms with Gasteiger partial charge in [0.15, 0.2) is 0 Å². The van der Waals surface area contributed by atoms with Crippen molar-refractivity contribution in [1.29, 1.82) is 0 Å². The third-order valence-electron chi connectivity index (χ3n) is 3.36. The van der Waals surface area contributed by atoms with Crippen LogP contribution in [0.25, 0.3) is 0 Å². The van der Waals surface area contributed by atoms with E-state index in [4.69, 9.17) is 4.74 Å². The van der Waals surface area contributed by atoms with Gasteiger partial charge in [-0.15, -0.1) is 0 Å². The average Bonchev–Trinajstić information content (AvgIpc) is 2.73. The molecule has 1 aliphatic carbocycles. The number of carbonyl (C=O) groups excluding carboxylic acids is 1. The van der Waals surface area contributed by atoms with Crippen LogP contribution >= 0.6 is 0 Å². The lowest BCUT2D eigenvalue weighted by Gasteiger charge is -2.00. The molecule has 0 saturated heterocycles. The normalized spacial score (nSPS) is 16.5. The van der Waals surface area contributed by atoms with Gasteiger partial charge in [-0.1, -0.05) is 19.3 Å². The molecule has 17 heavy (non-hydrogen) atoms. The summed E-state index contributed by atoms with van der Waals surface area (Å²) in [5, 5.41) is 0. The Kier molecular flexibility index (Phi) is 4.24. The van der Waals surface area contributed by atoms with Crippen molar-refractivity contribution in [3.63, 3.8) is 0 Å². The molecule has 94 valence electrons. The SMILES string of the molecule is CCOC(=O)c1cc2c([nH]1)CCCCCCC2. The van der Waals surface area contributed by atoms with Gasteiger partial charge in [0.25, 0.3) is 0 Å². The molecule has 0 aliphatic heterocycles. The van der Waals surface area contributed by atoms with Crippen LogP contribution in [-0.4, -0.2) is 17.6 Å². The second-order valence-electron chi connectivity index (χ2n) is 4.68. The molecule has 0 spiro atoms. The topological polar surface area (TPSA) is 42.1 Å². The fraction of sp³-hybridized carbons (Fsp3) is 0.643. The van der Waals surface area contributed by atoms with Crippen LogP contribution in [-0.2, 0) is 17.6 Å². The Morgan fingerprint density at radius 3 is 2.71 bits per heavy atom. The Morgan fingerprint density at radius 2 is 1.94 bits per heavy atom. The van der Waals surface area contributed by atoms with Gasteiger partial charge < -0.3 is 9.72 Å². The maximum Gasteiger partial charge on any atom is 0.354 e. The Hall–Kier alpha value is -1.25. The van der Waals surface area contributed by atoms with Gasteiger partial charge in [-0.3, -0.25) is 0 Å². The molecule has 0 saturated carbocycles. The number of H-pyrrole nitrogens is 1. The maximum absolute atomic E-state index is 11.6. The van der Waals surface area contributed by atoms with Crippen LogP contribution in [0.15, 0.2) is 6.07 Å². The largest absolute Gasteiger partial charge is 0.461 e. The molecule has 0 aromatic carbocycles. The van der Waals surface area contributed by atoms with Gasteiger partial charge >= 0.3 is 5.97 Å². The Morgan fingerprint density at radius 1 is 1.24 bits per heavy atom. The van der Waals surface area contributed by atoms with E-state index in [9.17, 15) is 4.79 Å². The number of hydrogen-bond acceptors (Lipinski definition) is 2. The van der Waals surface area contributed by atoms with Crippen molar-refractivity contribution in [1.82, 2.24) is 4.98 Å². The number of aryl methyl sites for hydroxylation is 2. The Bertz CT molecular complexity index is 356. The number of nitrogens with one attached hydrogen (secondary N) is 1. The molecule has 0 fully saturated rings. The van der Waals surface area contributed by atoms with Crippen molar-refractivity contribution in [2.75, 3.05) is 6.61 Å². The molecule has 0 unspecified atom stereocenters. The summed E-state index contributed by atoms with van der Waals surface area (Å²) in [7, 11) is 0. The van der Waals surface area contributed by atoms with Gasteiger partial charge in [-0.2, -0.15) is 0 Å². The zero-order valence-corrected chi connectivity index (χ0v) is 10.6. The summed E-state index contributed by atoms with van der Waals surface area (Å²) < 4.78 is 5.02. The van der Waals surface area contributed by atoms with Crippen LogP contribution in [0.4, 0.5) is 0 Å². The van der Waals surface area contributed by atoms with Crippen molar-refractivity contribution < 1.29 is 9.53 Å². The van der Waals surface area contributed by atoms with E-state index in [-0.39, 0.29) is 5.97 Å². The third kappa shape index (κ3) is 3.11. The van der Waals surface area contributed by atoms with E-state index in [0.29, 0.717) is 12.3 Å². The van der Waals surface area contributed by atoms with Crippen molar-refractivity contribution in [2.45, 2.75) is 51.9 Å². The first-order valence-corrected chi connectivity index (χ1v) is 6.69. The summed E-state index contributed by atoms with van der Waals surface area (Å²) >= 11 is 0. The van der Waals surface area contributed by atoms with Crippen molar-refractivity contribution in [3.8, 4) is 0 Å². The van der Waals surface area contributed by atoms with Gasteiger partial charge in [0.05, 0.1) is 6.61 Å². The summed E-state index contributed by atoms with van der Waals surface area (Å²) in [4.78, 5) is 14.9. The standard InChI is InChI=1S/C14H21NO2/c1-2-17-14(16)13-10-11-8-6-4-3-5-7-9-12(11)15-13/h10,15H,2-9H2,1H3. The van der Waals surface area contributed by atoms with Gasteiger partial charge in [0, 0.05) is 5.69 Å². The number of rotatable bonds is 2. The highest BCUT2D eigenvalue weighted by molar-refractivity contribution is 5.87. The molecular weight excluding hydrogens is 214 g/mol. The van der Waals surface area contributed by atoms with Crippen LogP contribution in [0.2, 0.25) is 0 Å². The average molecular weight is 235 g/mol. The lowest BCUT2D eigenvalue weighted by atomic mass is 10.1. The molecule has 1 aromatic rings. The minimum absolute atomic E-state index is 0.225. The monoisotopic (exact) mass is 235 g/mol. The minimum Gasteiger partial charge on any atom is -0.461 e. The van der Waals surface area contributed by atoms with Gasteiger partial charge in [-0.05, 0) is 44.2 Å². The van der Waals surface area contributed by atoms with Gasteiger partial charge in [0.1, 0.15) is 5.69 Å². The first kappa shape index (κ1) is 12.2. The predicted octanol–water partition coefficient (Wildman–Crippen LogP) is 3.24. The van der Waals surface area contributed by atoms with Gasteiger partial charge in [-0.25, -0.2) is 4.79 Å². The van der Waals surface area contributed by atoms with E-state index in [0.717, 1.165) is 12.8 Å². The van der Waals surface area contributed by atoms with Crippen LogP contribution in [0.5, 0.6) is 0 Å². The summed E-state index contributed by atoms with van der Waals surface area (Å²) in [6.07, 6.45) is 8.55. The van der Waals surface area contributed by atoms with E-state index in [1.807, 2.05) is 13.0 Å². The maximum atomic E-state index is 11.6. The lowest BCUT2D eigenvalue weighted by Crippen LogP contribution is -2.05. The smallest absolute Gasteiger partial charge is 0.354 e. The van der Waals surface area contributed by atoms with E-state index >= 15 is 0 Å². The molecule has 1 aliphatic rings. The second-order valence-corrected chi connectivity index (χ2v) is 4.68. The molecule has 1 aromatic heterocycles. The number of aromatic nitrogens is 1. The zero-order chi connectivity index (χ0) is 12.1. The molecule has 2 rings (SSSR count). The zero-order valence-electron chi connectivity index (χ0n) is 10.6. The second kappa shape index (κ2) is 5.89. The van der Waals surface area contributed by atoms with E-state index in [2.05, 4.69) is 4.98 Å². The predicted molar refractivity (Wildman–Crippen MR) is 67.2 cm³/mol. The molecule has 3 heteroatoms. The Labute approximate surface area is 103 Å². The van der Waals surface area contributed by atoms with E-state index < -0.39 is 0 Å². The van der Waals surface area contributed by atoms with Crippen molar-refractivity contribution >= 4 is 5.97 Å². The van der Waals surface area contributed by atoms with Crippen molar-refractivity contribution in [2.24, 2.45) is 0 Å². The highest BCUT2D eigenvalue weighted by atomic mass is 16.5. The Balaban J connectivity index is 2.14. The summed E-state index contributed by atoms with van der Waals surface area (Å²) in [5.41, 5.74) is 3.18. The third-order valence-corrected chi connectivity index (χ3v) is 3.36. The quantitative estimate of drug-likeness (QED) is 0.799. The lowest BCUT2D eigenvalue weighted by molar-refractivity contribution is 0.0520. The molecule has 0 atom stereocenters. The molecule has 1 N–H and O–H groups in total. The highest BCUT2D eigenvalue weighted by Crippen LogP contribution is 2.20. The minimum atomic E-state index is -0.225. The molecule has 3 nitrogen and oxygen atoms in total. The number of esters is 1. The number of aromatic amines is 1. The van der Waals surface area contributed by atoms with Crippen molar-refractivity contribution in [3.05, 3.63) is 23.0 Å². The van der Waals surface area contributed by atoms with E-state index in [1.165, 1.54) is 43.4 Å². The fourth-order valence-corrected chi connectivity index (χ4v) is 2.45. The molecule has 0 radical (unpaired) electrons. The number of hydrogen-bond donors (Lipinski definition) is 1. The van der Waals surface area contributed by atoms with Gasteiger partial charge in [0.2, 0.25) is 0 Å². The van der Waals surface area contributed by atoms with E-state index in [1.54, 1.807) is 0 Å². The first-order valence-electron chi connectivity index (χ1n) is 6.69. The summed E-state index contributed by atoms with van der Waals surface area (Å²) in [5.74, 6) is -0.225. The molecular formula is C14H21NO2. The number of fused-ring (bicyclic) bond motifs is 1. The van der Waals surface area contributed by atoms with Crippen LogP contribution in [0.3, 0.4) is 0 Å². The summed E-state index contributed by atoms with van der Waals surface area (Å²) in [6, 6.07) is 1.98. The first-order chi connectivity index (χ1) is 8.31. The fourth-order valence-electron chi connectivity index (χ4n) is 2.45.